The van der Waals surface area contributed by atoms with Crippen molar-refractivity contribution in [2.75, 3.05) is 19.7 Å². The van der Waals surface area contributed by atoms with Crippen molar-refractivity contribution in [2.45, 2.75) is 25.5 Å². The van der Waals surface area contributed by atoms with Crippen LogP contribution in [0.1, 0.15) is 13.8 Å². The van der Waals surface area contributed by atoms with Gasteiger partial charge in [0.05, 0.1) is 12.7 Å². The summed E-state index contributed by atoms with van der Waals surface area (Å²) in [5, 5.41) is 22.3. The van der Waals surface area contributed by atoms with E-state index >= 15 is 0 Å². The molecule has 0 aromatic heterocycles. The molecule has 0 spiro atoms. The zero-order valence-electron chi connectivity index (χ0n) is 10.3. The molecular formula is C10H17N3O5. The summed E-state index contributed by atoms with van der Waals surface area (Å²) in [5.41, 5.74) is -1.01. The van der Waals surface area contributed by atoms with Crippen LogP contribution in [0.5, 0.6) is 0 Å². The van der Waals surface area contributed by atoms with E-state index < -0.39 is 42.6 Å². The quantitative estimate of drug-likeness (QED) is 0.417. The normalized spacial score (nSPS) is 19.7. The van der Waals surface area contributed by atoms with Gasteiger partial charge in [0.1, 0.15) is 12.1 Å². The summed E-state index contributed by atoms with van der Waals surface area (Å²) < 4.78 is 0. The van der Waals surface area contributed by atoms with E-state index in [4.69, 9.17) is 10.2 Å². The van der Waals surface area contributed by atoms with Gasteiger partial charge in [0.15, 0.2) is 0 Å². The maximum absolute atomic E-state index is 11.7. The van der Waals surface area contributed by atoms with Gasteiger partial charge in [0.2, 0.25) is 5.91 Å². The molecule has 0 saturated carbocycles. The van der Waals surface area contributed by atoms with Crippen LogP contribution in [-0.2, 0) is 9.59 Å². The Hall–Kier alpha value is -1.67. The first kappa shape index (κ1) is 14.4. The Morgan fingerprint density at radius 2 is 2.11 bits per heavy atom. The Balaban J connectivity index is 2.50. The van der Waals surface area contributed by atoms with Crippen LogP contribution >= 0.6 is 0 Å². The van der Waals surface area contributed by atoms with Crippen molar-refractivity contribution in [3.05, 3.63) is 0 Å². The van der Waals surface area contributed by atoms with Gasteiger partial charge in [-0.1, -0.05) is 0 Å². The summed E-state index contributed by atoms with van der Waals surface area (Å²) in [5.74, 6) is -1.06. The highest BCUT2D eigenvalue weighted by atomic mass is 16.3. The number of rotatable bonds is 5. The highest BCUT2D eigenvalue weighted by Gasteiger charge is 2.44. The van der Waals surface area contributed by atoms with E-state index in [0.717, 1.165) is 4.90 Å². The fourth-order valence-corrected chi connectivity index (χ4v) is 1.46. The Kier molecular flexibility index (Phi) is 4.25. The predicted molar refractivity (Wildman–Crippen MR) is 60.4 cm³/mol. The zero-order valence-corrected chi connectivity index (χ0v) is 10.3. The van der Waals surface area contributed by atoms with Gasteiger partial charge in [-0.15, -0.1) is 0 Å². The topological polar surface area (TPSA) is 119 Å². The van der Waals surface area contributed by atoms with Crippen molar-refractivity contribution in [1.82, 2.24) is 15.5 Å². The number of urea groups is 1. The number of amides is 4. The van der Waals surface area contributed by atoms with Crippen molar-refractivity contribution in [1.29, 1.82) is 0 Å². The lowest BCUT2D eigenvalue weighted by Crippen LogP contribution is -2.44. The summed E-state index contributed by atoms with van der Waals surface area (Å²) in [6.07, 6.45) is -1.06. The van der Waals surface area contributed by atoms with E-state index in [2.05, 4.69) is 10.6 Å². The lowest BCUT2D eigenvalue weighted by molar-refractivity contribution is -0.134. The molecule has 8 heteroatoms. The van der Waals surface area contributed by atoms with Crippen molar-refractivity contribution in [3.63, 3.8) is 0 Å². The molecule has 1 atom stereocenters. The van der Waals surface area contributed by atoms with Gasteiger partial charge in [-0.3, -0.25) is 14.5 Å². The molecule has 1 fully saturated rings. The number of carbonyl (C=O) groups is 3. The Morgan fingerprint density at radius 3 is 2.56 bits per heavy atom. The molecule has 0 bridgehead atoms. The molecule has 1 aliphatic rings. The Morgan fingerprint density at radius 1 is 1.50 bits per heavy atom. The van der Waals surface area contributed by atoms with Crippen molar-refractivity contribution in [3.8, 4) is 0 Å². The zero-order chi connectivity index (χ0) is 13.9. The maximum atomic E-state index is 11.7. The van der Waals surface area contributed by atoms with Gasteiger partial charge in [-0.25, -0.2) is 4.79 Å². The van der Waals surface area contributed by atoms with Gasteiger partial charge in [0, 0.05) is 6.54 Å². The molecule has 1 aliphatic heterocycles. The minimum absolute atomic E-state index is 0.137. The number of aliphatic hydroxyl groups is 2. The lowest BCUT2D eigenvalue weighted by Gasteiger charge is -2.16. The first-order valence-electron chi connectivity index (χ1n) is 5.47. The molecule has 4 N–H and O–H groups in total. The van der Waals surface area contributed by atoms with Crippen LogP contribution in [0, 0.1) is 0 Å². The van der Waals surface area contributed by atoms with E-state index in [0.29, 0.717) is 0 Å². The van der Waals surface area contributed by atoms with E-state index in [9.17, 15) is 14.4 Å². The predicted octanol–water partition coefficient (Wildman–Crippen LogP) is -2.21. The van der Waals surface area contributed by atoms with Gasteiger partial charge >= 0.3 is 6.03 Å². The minimum Gasteiger partial charge on any atom is -0.394 e. The summed E-state index contributed by atoms with van der Waals surface area (Å²) in [6.45, 7) is 2.06. The number of carbonyl (C=O) groups excluding carboxylic acids is 3. The molecule has 0 radical (unpaired) electrons. The fourth-order valence-electron chi connectivity index (χ4n) is 1.46. The Bertz CT molecular complexity index is 369. The monoisotopic (exact) mass is 259 g/mol. The average Bonchev–Trinajstić information content (AvgIpc) is 2.48. The highest BCUT2D eigenvalue weighted by molar-refractivity contribution is 6.08. The van der Waals surface area contributed by atoms with Gasteiger partial charge in [-0.2, -0.15) is 0 Å². The number of nitrogens with zero attached hydrogens (tertiary/aromatic N) is 1. The Labute approximate surface area is 104 Å². The summed E-state index contributed by atoms with van der Waals surface area (Å²) in [6, 6.07) is -0.622. The van der Waals surface area contributed by atoms with Gasteiger partial charge in [-0.05, 0) is 13.8 Å². The first-order chi connectivity index (χ1) is 8.27. The molecule has 0 aliphatic carbocycles. The van der Waals surface area contributed by atoms with Crippen molar-refractivity contribution >= 4 is 17.8 Å². The third kappa shape index (κ3) is 3.17. The second-order valence-electron chi connectivity index (χ2n) is 4.59. The second-order valence-corrected chi connectivity index (χ2v) is 4.59. The molecule has 4 amide bonds. The van der Waals surface area contributed by atoms with E-state index in [1.54, 1.807) is 13.8 Å². The molecule has 102 valence electrons. The summed E-state index contributed by atoms with van der Waals surface area (Å²) in [4.78, 5) is 35.4. The number of hydrogen-bond acceptors (Lipinski definition) is 5. The molecule has 0 aromatic rings. The number of nitrogens with one attached hydrogen (secondary N) is 2. The van der Waals surface area contributed by atoms with E-state index in [-0.39, 0.29) is 6.54 Å². The van der Waals surface area contributed by atoms with Crippen molar-refractivity contribution in [2.24, 2.45) is 0 Å². The van der Waals surface area contributed by atoms with E-state index in [1.807, 2.05) is 0 Å². The number of hydrogen-bond donors (Lipinski definition) is 4. The third-order valence-corrected chi connectivity index (χ3v) is 2.49. The molecule has 1 rings (SSSR count). The molecule has 8 nitrogen and oxygen atoms in total. The van der Waals surface area contributed by atoms with Crippen LogP contribution < -0.4 is 10.6 Å². The molecule has 0 aromatic carbocycles. The number of aliphatic hydroxyl groups excluding tert-OH is 2. The van der Waals surface area contributed by atoms with Crippen LogP contribution in [0.4, 0.5) is 4.79 Å². The molecule has 1 heterocycles. The molecule has 1 saturated heterocycles. The third-order valence-electron chi connectivity index (χ3n) is 2.49. The SMILES string of the molecule is CC1(C)NC(=O)N(CC(=O)NCC(O)CO)C1=O. The highest BCUT2D eigenvalue weighted by Crippen LogP contribution is 2.15. The standard InChI is InChI=1S/C10H17N3O5/c1-10(2)8(17)13(9(18)12-10)4-7(16)11-3-6(15)5-14/h6,14-15H,3-5H2,1-2H3,(H,11,16)(H,12,18). The maximum Gasteiger partial charge on any atom is 0.325 e. The van der Waals surface area contributed by atoms with Crippen molar-refractivity contribution < 1.29 is 24.6 Å². The lowest BCUT2D eigenvalue weighted by atomic mass is 10.1. The first-order valence-corrected chi connectivity index (χ1v) is 5.47. The van der Waals surface area contributed by atoms with Crippen LogP contribution in [-0.4, -0.2) is 64.3 Å². The van der Waals surface area contributed by atoms with Gasteiger partial charge in [0.25, 0.3) is 5.91 Å². The van der Waals surface area contributed by atoms with E-state index in [1.165, 1.54) is 0 Å². The smallest absolute Gasteiger partial charge is 0.325 e. The molecular weight excluding hydrogens is 242 g/mol. The second kappa shape index (κ2) is 5.32. The summed E-state index contributed by atoms with van der Waals surface area (Å²) >= 11 is 0. The fraction of sp³-hybridized carbons (Fsp3) is 0.700. The minimum atomic E-state index is -1.06. The van der Waals surface area contributed by atoms with Crippen LogP contribution in [0.2, 0.25) is 0 Å². The van der Waals surface area contributed by atoms with Gasteiger partial charge < -0.3 is 20.8 Å². The average molecular weight is 259 g/mol. The largest absolute Gasteiger partial charge is 0.394 e. The molecule has 18 heavy (non-hydrogen) atoms. The van der Waals surface area contributed by atoms with Crippen LogP contribution in [0.25, 0.3) is 0 Å². The van der Waals surface area contributed by atoms with Crippen LogP contribution in [0.15, 0.2) is 0 Å². The number of imide groups is 1. The summed E-state index contributed by atoms with van der Waals surface area (Å²) in [7, 11) is 0. The molecule has 1 unspecified atom stereocenters. The van der Waals surface area contributed by atoms with Crippen LogP contribution in [0.3, 0.4) is 0 Å².